The number of aryl methyl sites for hydroxylation is 2. The van der Waals surface area contributed by atoms with E-state index in [0.717, 1.165) is 12.8 Å². The number of hydrogen-bond donors (Lipinski definition) is 0. The summed E-state index contributed by atoms with van der Waals surface area (Å²) in [6.07, 6.45) is 2.24. The van der Waals surface area contributed by atoms with Gasteiger partial charge < -0.3 is 0 Å². The van der Waals surface area contributed by atoms with Gasteiger partial charge in [-0.1, -0.05) is 38.1 Å². The van der Waals surface area contributed by atoms with Gasteiger partial charge in [-0.3, -0.25) is 0 Å². The largest absolute Gasteiger partial charge is 0.135 e. The van der Waals surface area contributed by atoms with Crippen LogP contribution in [0.25, 0.3) is 20.2 Å². The Labute approximate surface area is 106 Å². The molecule has 3 rings (SSSR count). The molecule has 0 nitrogen and oxygen atoms in total. The number of rotatable bonds is 2. The fourth-order valence-electron chi connectivity index (χ4n) is 2.43. The third-order valence-electron chi connectivity index (χ3n) is 3.40. The first kappa shape index (κ1) is 10.8. The Morgan fingerprint density at radius 3 is 2.53 bits per heavy atom. The van der Waals surface area contributed by atoms with Crippen molar-refractivity contribution >= 4 is 31.5 Å². The second-order valence-electron chi connectivity index (χ2n) is 4.44. The molecule has 86 valence electrons. The van der Waals surface area contributed by atoms with E-state index in [1.165, 1.54) is 31.3 Å². The molecule has 0 aliphatic heterocycles. The monoisotopic (exact) mass is 240 g/mol. The summed E-state index contributed by atoms with van der Waals surface area (Å²) in [5.74, 6) is 0. The summed E-state index contributed by atoms with van der Waals surface area (Å²) in [5.41, 5.74) is 2.96. The Morgan fingerprint density at radius 2 is 1.76 bits per heavy atom. The van der Waals surface area contributed by atoms with Gasteiger partial charge in [-0.25, -0.2) is 0 Å². The van der Waals surface area contributed by atoms with Gasteiger partial charge in [-0.2, -0.15) is 0 Å². The number of thiophene rings is 1. The van der Waals surface area contributed by atoms with Crippen LogP contribution in [0.1, 0.15) is 25.0 Å². The van der Waals surface area contributed by atoms with Gasteiger partial charge in [0.05, 0.1) is 0 Å². The third-order valence-corrected chi connectivity index (χ3v) is 4.67. The van der Waals surface area contributed by atoms with Crippen LogP contribution in [0, 0.1) is 0 Å². The average Bonchev–Trinajstić information content (AvgIpc) is 2.76. The lowest BCUT2D eigenvalue weighted by atomic mass is 10.0. The fourth-order valence-corrected chi connectivity index (χ4v) is 3.70. The molecule has 0 atom stereocenters. The maximum absolute atomic E-state index is 2.37. The first-order chi connectivity index (χ1) is 8.33. The van der Waals surface area contributed by atoms with Crippen LogP contribution in [0.2, 0.25) is 0 Å². The maximum Gasteiger partial charge on any atom is 0.0387 e. The highest BCUT2D eigenvalue weighted by Crippen LogP contribution is 2.36. The van der Waals surface area contributed by atoms with E-state index in [1.54, 1.807) is 0 Å². The molecule has 0 aliphatic carbocycles. The zero-order valence-corrected chi connectivity index (χ0v) is 11.1. The zero-order valence-electron chi connectivity index (χ0n) is 10.3. The van der Waals surface area contributed by atoms with Crippen molar-refractivity contribution in [2.45, 2.75) is 26.7 Å². The van der Waals surface area contributed by atoms with E-state index in [0.29, 0.717) is 0 Å². The molecule has 0 amide bonds. The van der Waals surface area contributed by atoms with Crippen LogP contribution in [-0.4, -0.2) is 0 Å². The van der Waals surface area contributed by atoms with Crippen molar-refractivity contribution in [2.75, 3.05) is 0 Å². The Balaban J connectivity index is 2.47. The van der Waals surface area contributed by atoms with E-state index < -0.39 is 0 Å². The normalized spacial score (nSPS) is 11.4. The van der Waals surface area contributed by atoms with E-state index in [9.17, 15) is 0 Å². The van der Waals surface area contributed by atoms with Crippen LogP contribution in [0.5, 0.6) is 0 Å². The molecule has 0 saturated carbocycles. The lowest BCUT2D eigenvalue weighted by Gasteiger charge is -2.03. The second-order valence-corrected chi connectivity index (χ2v) is 5.49. The van der Waals surface area contributed by atoms with Gasteiger partial charge in [-0.05, 0) is 36.1 Å². The molecule has 0 saturated heterocycles. The predicted molar refractivity (Wildman–Crippen MR) is 78.1 cm³/mol. The highest BCUT2D eigenvalue weighted by atomic mass is 32.1. The fraction of sp³-hybridized carbons (Fsp3) is 0.250. The number of benzene rings is 2. The number of hydrogen-bond acceptors (Lipinski definition) is 1. The van der Waals surface area contributed by atoms with Gasteiger partial charge in [0.25, 0.3) is 0 Å². The summed E-state index contributed by atoms with van der Waals surface area (Å²) in [4.78, 5) is 0. The molecule has 0 N–H and O–H groups in total. The van der Waals surface area contributed by atoms with Crippen LogP contribution in [0.15, 0.2) is 36.4 Å². The molecule has 1 heteroatoms. The summed E-state index contributed by atoms with van der Waals surface area (Å²) in [6, 6.07) is 13.5. The van der Waals surface area contributed by atoms with Crippen molar-refractivity contribution in [1.82, 2.24) is 0 Å². The molecule has 0 bridgehead atoms. The average molecular weight is 240 g/mol. The lowest BCUT2D eigenvalue weighted by molar-refractivity contribution is 1.11. The van der Waals surface area contributed by atoms with Crippen LogP contribution >= 0.6 is 11.3 Å². The first-order valence-corrected chi connectivity index (χ1v) is 7.08. The first-order valence-electron chi connectivity index (χ1n) is 6.26. The van der Waals surface area contributed by atoms with E-state index in [1.807, 2.05) is 11.3 Å². The van der Waals surface area contributed by atoms with Gasteiger partial charge in [0.1, 0.15) is 0 Å². The zero-order chi connectivity index (χ0) is 11.8. The van der Waals surface area contributed by atoms with Crippen LogP contribution in [0.3, 0.4) is 0 Å². The number of fused-ring (bicyclic) bond motifs is 3. The van der Waals surface area contributed by atoms with Gasteiger partial charge in [0, 0.05) is 20.2 Å². The van der Waals surface area contributed by atoms with Crippen molar-refractivity contribution in [3.8, 4) is 0 Å². The summed E-state index contributed by atoms with van der Waals surface area (Å²) >= 11 is 1.93. The van der Waals surface area contributed by atoms with Gasteiger partial charge in [0.15, 0.2) is 0 Å². The third kappa shape index (κ3) is 1.66. The quantitative estimate of drug-likeness (QED) is 0.579. The predicted octanol–water partition coefficient (Wildman–Crippen LogP) is 5.18. The van der Waals surface area contributed by atoms with Gasteiger partial charge in [-0.15, -0.1) is 11.3 Å². The van der Waals surface area contributed by atoms with Crippen molar-refractivity contribution in [3.63, 3.8) is 0 Å². The SMILES string of the molecule is CCc1cc(CC)c2sc3ccccc3c2c1. The highest BCUT2D eigenvalue weighted by Gasteiger charge is 2.08. The second kappa shape index (κ2) is 4.15. The lowest BCUT2D eigenvalue weighted by Crippen LogP contribution is -1.85. The van der Waals surface area contributed by atoms with E-state index >= 15 is 0 Å². The standard InChI is InChI=1S/C16H16S/c1-3-11-9-12(4-2)16-14(10-11)13-7-5-6-8-15(13)17-16/h5-10H,3-4H2,1-2H3. The smallest absolute Gasteiger partial charge is 0.0387 e. The Hall–Kier alpha value is -1.34. The molecular formula is C16H16S. The molecule has 0 unspecified atom stereocenters. The molecule has 0 spiro atoms. The molecule has 3 aromatic rings. The minimum atomic E-state index is 1.12. The highest BCUT2D eigenvalue weighted by molar-refractivity contribution is 7.26. The van der Waals surface area contributed by atoms with Gasteiger partial charge in [0.2, 0.25) is 0 Å². The van der Waals surface area contributed by atoms with Crippen LogP contribution in [0.4, 0.5) is 0 Å². The topological polar surface area (TPSA) is 0 Å². The van der Waals surface area contributed by atoms with Crippen molar-refractivity contribution in [1.29, 1.82) is 0 Å². The van der Waals surface area contributed by atoms with Crippen LogP contribution < -0.4 is 0 Å². The molecule has 17 heavy (non-hydrogen) atoms. The van der Waals surface area contributed by atoms with Crippen molar-refractivity contribution < 1.29 is 0 Å². The van der Waals surface area contributed by atoms with E-state index in [-0.39, 0.29) is 0 Å². The van der Waals surface area contributed by atoms with Crippen LogP contribution in [-0.2, 0) is 12.8 Å². The summed E-state index contributed by atoms with van der Waals surface area (Å²) in [6.45, 7) is 4.48. The summed E-state index contributed by atoms with van der Waals surface area (Å²) in [5, 5.41) is 2.86. The molecule has 0 aliphatic rings. The minimum absolute atomic E-state index is 1.12. The summed E-state index contributed by atoms with van der Waals surface area (Å²) < 4.78 is 2.89. The molecule has 1 aromatic heterocycles. The Morgan fingerprint density at radius 1 is 0.941 bits per heavy atom. The molecule has 2 aromatic carbocycles. The van der Waals surface area contributed by atoms with E-state index in [4.69, 9.17) is 0 Å². The molecule has 1 heterocycles. The molecular weight excluding hydrogens is 224 g/mol. The minimum Gasteiger partial charge on any atom is -0.135 e. The summed E-state index contributed by atoms with van der Waals surface area (Å²) in [7, 11) is 0. The van der Waals surface area contributed by atoms with Gasteiger partial charge >= 0.3 is 0 Å². The Kier molecular flexibility index (Phi) is 2.64. The van der Waals surface area contributed by atoms with Crippen molar-refractivity contribution in [2.24, 2.45) is 0 Å². The van der Waals surface area contributed by atoms with Crippen molar-refractivity contribution in [3.05, 3.63) is 47.5 Å². The molecule has 0 fully saturated rings. The Bertz CT molecular complexity index is 676. The maximum atomic E-state index is 2.37. The molecule has 0 radical (unpaired) electrons. The van der Waals surface area contributed by atoms with E-state index in [2.05, 4.69) is 50.2 Å².